The number of nitrogens with zero attached hydrogens (tertiary/aromatic N) is 1. The summed E-state index contributed by atoms with van der Waals surface area (Å²) in [6.07, 6.45) is 8.94. The minimum atomic E-state index is -0.196. The molecule has 1 saturated carbocycles. The van der Waals surface area contributed by atoms with Gasteiger partial charge in [0, 0.05) is 19.6 Å². The van der Waals surface area contributed by atoms with Gasteiger partial charge < -0.3 is 4.74 Å². The number of likely N-dealkylation sites (tertiary alicyclic amines) is 1. The number of hydrogen-bond acceptors (Lipinski definition) is 3. The fourth-order valence-corrected chi connectivity index (χ4v) is 5.83. The highest BCUT2D eigenvalue weighted by Crippen LogP contribution is 2.35. The van der Waals surface area contributed by atoms with E-state index in [1.165, 1.54) is 65.5 Å². The minimum Gasteiger partial charge on any atom is -0.489 e. The van der Waals surface area contributed by atoms with Crippen molar-refractivity contribution < 1.29 is 9.53 Å². The molecule has 2 aromatic rings. The van der Waals surface area contributed by atoms with E-state index >= 15 is 0 Å². The van der Waals surface area contributed by atoms with Crippen molar-refractivity contribution in [2.45, 2.75) is 64.4 Å². The Morgan fingerprint density at radius 3 is 2.52 bits per heavy atom. The Morgan fingerprint density at radius 2 is 1.79 bits per heavy atom. The van der Waals surface area contributed by atoms with Crippen LogP contribution < -0.4 is 4.74 Å². The van der Waals surface area contributed by atoms with E-state index in [1.54, 1.807) is 0 Å². The average molecular weight is 464 g/mol. The Balaban J connectivity index is 1.18. The first-order valence-corrected chi connectivity index (χ1v) is 12.9. The van der Waals surface area contributed by atoms with Crippen molar-refractivity contribution in [3.05, 3.63) is 70.3 Å². The molecule has 3 nitrogen and oxygen atoms in total. The molecule has 1 aliphatic heterocycles. The van der Waals surface area contributed by atoms with Gasteiger partial charge in [-0.3, -0.25) is 9.69 Å². The van der Waals surface area contributed by atoms with Crippen LogP contribution in [-0.2, 0) is 17.8 Å². The lowest BCUT2D eigenvalue weighted by molar-refractivity contribution is -0.119. The number of hydrogen-bond donors (Lipinski definition) is 0. The van der Waals surface area contributed by atoms with E-state index in [2.05, 4.69) is 54.3 Å². The van der Waals surface area contributed by atoms with Gasteiger partial charge in [0.25, 0.3) is 0 Å². The number of allylic oxidation sites excluding steroid dienone is 1. The van der Waals surface area contributed by atoms with Crippen LogP contribution in [0.5, 0.6) is 5.75 Å². The molecule has 2 aromatic carbocycles. The first kappa shape index (κ1) is 22.7. The monoisotopic (exact) mass is 463 g/mol. The summed E-state index contributed by atoms with van der Waals surface area (Å²) in [7, 11) is 0. The van der Waals surface area contributed by atoms with Gasteiger partial charge in [0.05, 0.1) is 5.92 Å². The fourth-order valence-electron chi connectivity index (χ4n) is 5.69. The van der Waals surface area contributed by atoms with Crippen LogP contribution in [-0.4, -0.2) is 29.8 Å². The molecule has 4 heteroatoms. The molecular formula is C29H34ClNO2. The van der Waals surface area contributed by atoms with Crippen LogP contribution in [0.1, 0.15) is 73.6 Å². The van der Waals surface area contributed by atoms with Crippen LogP contribution >= 0.6 is 11.6 Å². The highest BCUT2D eigenvalue weighted by molar-refractivity contribution is 6.64. The summed E-state index contributed by atoms with van der Waals surface area (Å²) in [4.78, 5) is 13.6. The summed E-state index contributed by atoms with van der Waals surface area (Å²) >= 11 is 5.61. The molecule has 3 aliphatic rings. The van der Waals surface area contributed by atoms with E-state index in [4.69, 9.17) is 16.3 Å². The second-order valence-corrected chi connectivity index (χ2v) is 10.5. The molecule has 1 saturated heterocycles. The summed E-state index contributed by atoms with van der Waals surface area (Å²) in [5, 5.41) is -0.196. The van der Waals surface area contributed by atoms with Gasteiger partial charge in [-0.05, 0) is 90.1 Å². The van der Waals surface area contributed by atoms with Gasteiger partial charge in [0.2, 0.25) is 5.24 Å². The molecule has 0 amide bonds. The number of carbonyl (C=O) groups excluding carboxylic acids is 1. The van der Waals surface area contributed by atoms with Crippen molar-refractivity contribution in [2.24, 2.45) is 5.92 Å². The largest absolute Gasteiger partial charge is 0.489 e. The van der Waals surface area contributed by atoms with E-state index < -0.39 is 0 Å². The lowest BCUT2D eigenvalue weighted by Crippen LogP contribution is -2.49. The Bertz CT molecular complexity index is 1030. The summed E-state index contributed by atoms with van der Waals surface area (Å²) in [5.74, 6) is 1.72. The normalized spacial score (nSPS) is 19.8. The van der Waals surface area contributed by atoms with E-state index in [0.717, 1.165) is 44.1 Å². The SMILES string of the molecule is CC1=C(CN2CC(C(=O)Cl)C2)CCc2cc(OCc3ccc(C4CCCCC4)cc3)ccc21. The van der Waals surface area contributed by atoms with E-state index in [-0.39, 0.29) is 11.2 Å². The van der Waals surface area contributed by atoms with E-state index in [0.29, 0.717) is 6.61 Å². The van der Waals surface area contributed by atoms with Crippen LogP contribution in [0.2, 0.25) is 0 Å². The highest BCUT2D eigenvalue weighted by atomic mass is 35.5. The summed E-state index contributed by atoms with van der Waals surface area (Å²) in [6, 6.07) is 15.6. The molecule has 0 spiro atoms. The Morgan fingerprint density at radius 1 is 1.03 bits per heavy atom. The maximum atomic E-state index is 11.3. The zero-order chi connectivity index (χ0) is 22.8. The topological polar surface area (TPSA) is 29.5 Å². The molecule has 174 valence electrons. The van der Waals surface area contributed by atoms with Crippen molar-refractivity contribution in [3.63, 3.8) is 0 Å². The average Bonchev–Trinajstić information content (AvgIpc) is 2.81. The zero-order valence-electron chi connectivity index (χ0n) is 19.6. The molecule has 0 atom stereocenters. The molecule has 0 radical (unpaired) electrons. The third-order valence-corrected chi connectivity index (χ3v) is 8.17. The van der Waals surface area contributed by atoms with E-state index in [1.807, 2.05) is 0 Å². The Hall–Kier alpha value is -2.10. The molecular weight excluding hydrogens is 430 g/mol. The van der Waals surface area contributed by atoms with Crippen molar-refractivity contribution >= 4 is 22.4 Å². The number of carbonyl (C=O) groups is 1. The van der Waals surface area contributed by atoms with Crippen LogP contribution in [0.3, 0.4) is 0 Å². The molecule has 0 aromatic heterocycles. The predicted molar refractivity (Wildman–Crippen MR) is 135 cm³/mol. The van der Waals surface area contributed by atoms with Gasteiger partial charge >= 0.3 is 0 Å². The van der Waals surface area contributed by atoms with Crippen molar-refractivity contribution in [1.29, 1.82) is 0 Å². The smallest absolute Gasteiger partial charge is 0.227 e. The summed E-state index contributed by atoms with van der Waals surface area (Å²) in [5.41, 5.74) is 8.29. The number of benzene rings is 2. The van der Waals surface area contributed by atoms with Gasteiger partial charge in [0.15, 0.2) is 0 Å². The Kier molecular flexibility index (Phi) is 6.89. The van der Waals surface area contributed by atoms with Crippen LogP contribution in [0.4, 0.5) is 0 Å². The molecule has 0 N–H and O–H groups in total. The van der Waals surface area contributed by atoms with Gasteiger partial charge in [-0.2, -0.15) is 0 Å². The first-order valence-electron chi connectivity index (χ1n) is 12.5. The molecule has 0 unspecified atom stereocenters. The molecule has 2 fully saturated rings. The van der Waals surface area contributed by atoms with Crippen LogP contribution in [0, 0.1) is 5.92 Å². The highest BCUT2D eigenvalue weighted by Gasteiger charge is 2.32. The van der Waals surface area contributed by atoms with Crippen molar-refractivity contribution in [3.8, 4) is 5.75 Å². The molecule has 0 bridgehead atoms. The summed E-state index contributed by atoms with van der Waals surface area (Å²) in [6.45, 7) is 5.37. The lowest BCUT2D eigenvalue weighted by atomic mass is 9.84. The Labute approximate surface area is 202 Å². The van der Waals surface area contributed by atoms with Crippen molar-refractivity contribution in [2.75, 3.05) is 19.6 Å². The number of fused-ring (bicyclic) bond motifs is 1. The second kappa shape index (κ2) is 10.0. The molecule has 33 heavy (non-hydrogen) atoms. The zero-order valence-corrected chi connectivity index (χ0v) is 20.4. The third-order valence-electron chi connectivity index (χ3n) is 7.86. The minimum absolute atomic E-state index is 0.0200. The standard InChI is InChI=1S/C29H34ClNO2/c1-20-25(16-31-17-26(18-31)29(30)32)12-11-24-15-27(13-14-28(20)24)33-19-21-7-9-23(10-8-21)22-5-3-2-4-6-22/h7-10,13-15,22,26H,2-6,11-12,16-19H2,1H3. The number of ether oxygens (including phenoxy) is 1. The maximum Gasteiger partial charge on any atom is 0.227 e. The summed E-state index contributed by atoms with van der Waals surface area (Å²) < 4.78 is 6.16. The van der Waals surface area contributed by atoms with Gasteiger partial charge in [0.1, 0.15) is 12.4 Å². The van der Waals surface area contributed by atoms with Gasteiger partial charge in [-0.25, -0.2) is 0 Å². The van der Waals surface area contributed by atoms with Crippen LogP contribution in [0.25, 0.3) is 5.57 Å². The molecule has 5 rings (SSSR count). The van der Waals surface area contributed by atoms with E-state index in [9.17, 15) is 4.79 Å². The fraction of sp³-hybridized carbons (Fsp3) is 0.483. The number of halogens is 1. The first-order chi connectivity index (χ1) is 16.1. The van der Waals surface area contributed by atoms with Crippen molar-refractivity contribution in [1.82, 2.24) is 4.90 Å². The predicted octanol–water partition coefficient (Wildman–Crippen LogP) is 6.73. The maximum absolute atomic E-state index is 11.3. The van der Waals surface area contributed by atoms with Gasteiger partial charge in [-0.1, -0.05) is 55.2 Å². The van der Waals surface area contributed by atoms with Crippen LogP contribution in [0.15, 0.2) is 48.0 Å². The quantitative estimate of drug-likeness (QED) is 0.426. The lowest BCUT2D eigenvalue weighted by Gasteiger charge is -2.38. The molecule has 2 aliphatic carbocycles. The second-order valence-electron chi connectivity index (χ2n) is 10.1. The third kappa shape index (κ3) is 5.20. The van der Waals surface area contributed by atoms with Gasteiger partial charge in [-0.15, -0.1) is 0 Å². The molecule has 1 heterocycles. The number of aryl methyl sites for hydroxylation is 1. The number of rotatable bonds is 7.